The second kappa shape index (κ2) is 5.41. The molecular weight excluding hydrogens is 372 g/mol. The second-order valence-corrected chi connectivity index (χ2v) is 7.11. The molecule has 2 atom stereocenters. The van der Waals surface area contributed by atoms with Crippen LogP contribution in [0.4, 0.5) is 10.5 Å². The summed E-state index contributed by atoms with van der Waals surface area (Å²) in [4.78, 5) is 14.4. The lowest BCUT2D eigenvalue weighted by molar-refractivity contribution is 0.0378. The van der Waals surface area contributed by atoms with Crippen LogP contribution in [0.2, 0.25) is 0 Å². The number of carbonyl (C=O) groups excluding carboxylic acids is 1. The van der Waals surface area contributed by atoms with Crippen molar-refractivity contribution in [1.82, 2.24) is 5.32 Å². The van der Waals surface area contributed by atoms with Crippen LogP contribution in [0.5, 0.6) is 11.5 Å². The number of fused-ring (bicyclic) bond motifs is 4. The first-order valence-corrected chi connectivity index (χ1v) is 8.53. The maximum atomic E-state index is 12.8. The third-order valence-electron chi connectivity index (χ3n) is 4.56. The number of halogens is 1. The van der Waals surface area contributed by atoms with Gasteiger partial charge in [-0.1, -0.05) is 15.9 Å². The van der Waals surface area contributed by atoms with Gasteiger partial charge in [-0.3, -0.25) is 4.90 Å². The average molecular weight is 389 g/mol. The molecule has 5 nitrogen and oxygen atoms in total. The minimum Gasteiger partial charge on any atom is -0.497 e. The van der Waals surface area contributed by atoms with Crippen LogP contribution in [0.3, 0.4) is 0 Å². The Morgan fingerprint density at radius 2 is 2.04 bits per heavy atom. The molecule has 2 aliphatic heterocycles. The number of ether oxygens (including phenoxy) is 2. The molecule has 124 valence electrons. The molecule has 1 saturated heterocycles. The number of nitrogens with one attached hydrogen (secondary N) is 1. The van der Waals surface area contributed by atoms with Gasteiger partial charge in [-0.2, -0.15) is 0 Å². The molecule has 2 aromatic carbocycles. The first-order valence-electron chi connectivity index (χ1n) is 7.73. The van der Waals surface area contributed by atoms with E-state index in [9.17, 15) is 4.79 Å². The molecule has 2 aliphatic rings. The summed E-state index contributed by atoms with van der Waals surface area (Å²) in [6, 6.07) is 13.1. The number of anilines is 1. The van der Waals surface area contributed by atoms with Gasteiger partial charge in [0.1, 0.15) is 11.5 Å². The van der Waals surface area contributed by atoms with Crippen molar-refractivity contribution >= 4 is 27.6 Å². The van der Waals surface area contributed by atoms with Crippen LogP contribution in [0.1, 0.15) is 24.9 Å². The predicted molar refractivity (Wildman–Crippen MR) is 94.5 cm³/mol. The zero-order chi connectivity index (χ0) is 16.9. The van der Waals surface area contributed by atoms with Crippen LogP contribution in [-0.2, 0) is 0 Å². The van der Waals surface area contributed by atoms with Gasteiger partial charge in [-0.15, -0.1) is 0 Å². The zero-order valence-corrected chi connectivity index (χ0v) is 15.0. The van der Waals surface area contributed by atoms with Crippen LogP contribution < -0.4 is 19.7 Å². The Balaban J connectivity index is 1.76. The maximum Gasteiger partial charge on any atom is 0.325 e. The lowest BCUT2D eigenvalue weighted by Gasteiger charge is -2.50. The Kier molecular flexibility index (Phi) is 3.46. The van der Waals surface area contributed by atoms with Gasteiger partial charge in [-0.05, 0) is 49.4 Å². The van der Waals surface area contributed by atoms with E-state index in [4.69, 9.17) is 9.47 Å². The lowest BCUT2D eigenvalue weighted by Crippen LogP contribution is -2.65. The molecule has 2 heterocycles. The Hall–Kier alpha value is -2.21. The van der Waals surface area contributed by atoms with Crippen LogP contribution in [0.25, 0.3) is 0 Å². The van der Waals surface area contributed by atoms with Gasteiger partial charge in [-0.25, -0.2) is 4.79 Å². The molecular formula is C18H17BrN2O3. The Morgan fingerprint density at radius 1 is 1.29 bits per heavy atom. The highest BCUT2D eigenvalue weighted by molar-refractivity contribution is 9.10. The molecule has 0 spiro atoms. The van der Waals surface area contributed by atoms with E-state index in [1.807, 2.05) is 49.4 Å². The molecule has 24 heavy (non-hydrogen) atoms. The van der Waals surface area contributed by atoms with Gasteiger partial charge >= 0.3 is 6.03 Å². The van der Waals surface area contributed by atoms with Gasteiger partial charge in [0, 0.05) is 22.1 Å². The molecule has 0 aromatic heterocycles. The molecule has 4 rings (SSSR count). The minimum atomic E-state index is -0.734. The van der Waals surface area contributed by atoms with Gasteiger partial charge in [0.25, 0.3) is 0 Å². The number of methoxy groups -OCH3 is 1. The number of rotatable bonds is 2. The molecule has 0 radical (unpaired) electrons. The van der Waals surface area contributed by atoms with Crippen molar-refractivity contribution < 1.29 is 14.3 Å². The summed E-state index contributed by atoms with van der Waals surface area (Å²) in [6.07, 6.45) is 0.675. The van der Waals surface area contributed by atoms with Crippen molar-refractivity contribution in [1.29, 1.82) is 0 Å². The van der Waals surface area contributed by atoms with Crippen LogP contribution in [0.15, 0.2) is 46.9 Å². The van der Waals surface area contributed by atoms with Crippen LogP contribution in [-0.4, -0.2) is 18.9 Å². The summed E-state index contributed by atoms with van der Waals surface area (Å²) in [5.74, 6) is 1.55. The van der Waals surface area contributed by atoms with E-state index >= 15 is 0 Å². The van der Waals surface area contributed by atoms with E-state index in [2.05, 4.69) is 21.2 Å². The molecule has 0 aliphatic carbocycles. The molecule has 2 aromatic rings. The first kappa shape index (κ1) is 15.3. The van der Waals surface area contributed by atoms with Crippen molar-refractivity contribution in [2.24, 2.45) is 0 Å². The van der Waals surface area contributed by atoms with Gasteiger partial charge < -0.3 is 14.8 Å². The molecule has 2 amide bonds. The lowest BCUT2D eigenvalue weighted by atomic mass is 9.90. The summed E-state index contributed by atoms with van der Waals surface area (Å²) in [5.41, 5.74) is 1.04. The second-order valence-electron chi connectivity index (χ2n) is 6.20. The van der Waals surface area contributed by atoms with E-state index in [1.165, 1.54) is 0 Å². The quantitative estimate of drug-likeness (QED) is 0.837. The fraction of sp³-hybridized carbons (Fsp3) is 0.278. The van der Waals surface area contributed by atoms with E-state index in [1.54, 1.807) is 12.0 Å². The van der Waals surface area contributed by atoms with Gasteiger partial charge in [0.15, 0.2) is 5.72 Å². The van der Waals surface area contributed by atoms with E-state index in [-0.39, 0.29) is 12.1 Å². The monoisotopic (exact) mass is 388 g/mol. The number of nitrogens with zero attached hydrogens (tertiary/aromatic N) is 1. The number of carbonyl (C=O) groups is 1. The summed E-state index contributed by atoms with van der Waals surface area (Å²) in [5, 5.41) is 3.09. The van der Waals surface area contributed by atoms with Crippen molar-refractivity contribution in [3.05, 3.63) is 52.5 Å². The summed E-state index contributed by atoms with van der Waals surface area (Å²) in [7, 11) is 1.62. The number of hydrogen-bond donors (Lipinski definition) is 1. The molecule has 1 N–H and O–H groups in total. The third kappa shape index (κ3) is 2.33. The van der Waals surface area contributed by atoms with Crippen molar-refractivity contribution in [3.63, 3.8) is 0 Å². The summed E-state index contributed by atoms with van der Waals surface area (Å²) >= 11 is 3.48. The van der Waals surface area contributed by atoms with Crippen LogP contribution in [0, 0.1) is 0 Å². The SMILES string of the molecule is COc1ccc(N2C(=O)NC3CC2(C)Oc2ccc(Br)cc23)cc1. The molecule has 2 bridgehead atoms. The Morgan fingerprint density at radius 3 is 2.75 bits per heavy atom. The first-order chi connectivity index (χ1) is 11.5. The highest BCUT2D eigenvalue weighted by Gasteiger charge is 2.49. The number of amides is 2. The standard InChI is InChI=1S/C18H17BrN2O3/c1-18-10-15(14-9-11(19)3-8-16(14)24-18)20-17(22)21(18)12-4-6-13(23-2)7-5-12/h3-9,15H,10H2,1-2H3,(H,20,22). The Bertz CT molecular complexity index is 808. The topological polar surface area (TPSA) is 50.8 Å². The van der Waals surface area contributed by atoms with Crippen molar-refractivity contribution in [2.45, 2.75) is 25.1 Å². The molecule has 0 saturated carbocycles. The van der Waals surface area contributed by atoms with E-state index in [0.29, 0.717) is 6.42 Å². The largest absolute Gasteiger partial charge is 0.497 e. The normalized spacial score (nSPS) is 24.7. The third-order valence-corrected chi connectivity index (χ3v) is 5.06. The number of urea groups is 1. The van der Waals surface area contributed by atoms with Gasteiger partial charge in [0.05, 0.1) is 13.2 Å². The van der Waals surface area contributed by atoms with E-state index in [0.717, 1.165) is 27.2 Å². The predicted octanol–water partition coefficient (Wildman–Crippen LogP) is 4.23. The Labute approximate surface area is 148 Å². The maximum absolute atomic E-state index is 12.8. The average Bonchev–Trinajstić information content (AvgIpc) is 2.55. The summed E-state index contributed by atoms with van der Waals surface area (Å²) in [6.45, 7) is 1.95. The van der Waals surface area contributed by atoms with Crippen molar-refractivity contribution in [3.8, 4) is 11.5 Å². The zero-order valence-electron chi connectivity index (χ0n) is 13.4. The number of benzene rings is 2. The highest BCUT2D eigenvalue weighted by atomic mass is 79.9. The summed E-state index contributed by atoms with van der Waals surface area (Å²) < 4.78 is 12.4. The molecule has 2 unspecified atom stereocenters. The fourth-order valence-corrected chi connectivity index (χ4v) is 3.85. The number of hydrogen-bond acceptors (Lipinski definition) is 3. The fourth-order valence-electron chi connectivity index (χ4n) is 3.47. The van der Waals surface area contributed by atoms with Crippen molar-refractivity contribution in [2.75, 3.05) is 12.0 Å². The minimum absolute atomic E-state index is 0.0572. The molecule has 6 heteroatoms. The van der Waals surface area contributed by atoms with Crippen LogP contribution >= 0.6 is 15.9 Å². The molecule has 1 fully saturated rings. The van der Waals surface area contributed by atoms with E-state index < -0.39 is 5.72 Å². The smallest absolute Gasteiger partial charge is 0.325 e. The van der Waals surface area contributed by atoms with Gasteiger partial charge in [0.2, 0.25) is 0 Å². The highest BCUT2D eigenvalue weighted by Crippen LogP contribution is 2.46.